The van der Waals surface area contributed by atoms with Gasteiger partial charge in [0.1, 0.15) is 0 Å². The molecule has 0 aliphatic carbocycles. The average Bonchev–Trinajstić information content (AvgIpc) is 2.25. The smallest absolute Gasteiger partial charge is 0.317 e. The SMILES string of the molecule is O=C(O)CN1CC(CCO)CC(NCCO)C1. The number of likely N-dealkylation sites (tertiary alicyclic amines) is 1. The molecule has 0 spiro atoms. The number of aliphatic hydroxyl groups is 2. The van der Waals surface area contributed by atoms with E-state index in [1.165, 1.54) is 0 Å². The molecule has 0 amide bonds. The molecule has 1 aliphatic heterocycles. The molecule has 0 saturated carbocycles. The highest BCUT2D eigenvalue weighted by Crippen LogP contribution is 2.19. The Labute approximate surface area is 101 Å². The molecule has 17 heavy (non-hydrogen) atoms. The van der Waals surface area contributed by atoms with Gasteiger partial charge in [-0.2, -0.15) is 0 Å². The summed E-state index contributed by atoms with van der Waals surface area (Å²) in [6.45, 7) is 2.20. The fourth-order valence-corrected chi connectivity index (χ4v) is 2.43. The molecule has 2 atom stereocenters. The van der Waals surface area contributed by atoms with Crippen LogP contribution in [0.15, 0.2) is 0 Å². The van der Waals surface area contributed by atoms with E-state index in [2.05, 4.69) is 5.32 Å². The van der Waals surface area contributed by atoms with Gasteiger partial charge in [0.15, 0.2) is 0 Å². The van der Waals surface area contributed by atoms with Crippen LogP contribution in [0.5, 0.6) is 0 Å². The van der Waals surface area contributed by atoms with Gasteiger partial charge >= 0.3 is 5.97 Å². The highest BCUT2D eigenvalue weighted by molar-refractivity contribution is 5.69. The highest BCUT2D eigenvalue weighted by Gasteiger charge is 2.27. The number of carboxylic acid groups (broad SMARTS) is 1. The van der Waals surface area contributed by atoms with Crippen molar-refractivity contribution in [3.05, 3.63) is 0 Å². The van der Waals surface area contributed by atoms with Gasteiger partial charge in [0.25, 0.3) is 0 Å². The molecular weight excluding hydrogens is 224 g/mol. The maximum absolute atomic E-state index is 10.7. The topological polar surface area (TPSA) is 93.0 Å². The van der Waals surface area contributed by atoms with E-state index in [0.717, 1.165) is 13.0 Å². The second-order valence-corrected chi connectivity index (χ2v) is 4.58. The molecule has 0 aromatic carbocycles. The van der Waals surface area contributed by atoms with Crippen molar-refractivity contribution >= 4 is 5.97 Å². The number of hydrogen-bond acceptors (Lipinski definition) is 5. The Morgan fingerprint density at radius 2 is 2.06 bits per heavy atom. The summed E-state index contributed by atoms with van der Waals surface area (Å²) >= 11 is 0. The number of aliphatic hydroxyl groups excluding tert-OH is 2. The zero-order chi connectivity index (χ0) is 12.7. The van der Waals surface area contributed by atoms with Gasteiger partial charge in [-0.25, -0.2) is 0 Å². The van der Waals surface area contributed by atoms with E-state index >= 15 is 0 Å². The van der Waals surface area contributed by atoms with E-state index in [4.69, 9.17) is 15.3 Å². The minimum Gasteiger partial charge on any atom is -0.480 e. The molecule has 6 nitrogen and oxygen atoms in total. The average molecular weight is 246 g/mol. The van der Waals surface area contributed by atoms with E-state index in [1.54, 1.807) is 0 Å². The zero-order valence-corrected chi connectivity index (χ0v) is 10.0. The lowest BCUT2D eigenvalue weighted by atomic mass is 9.91. The fourth-order valence-electron chi connectivity index (χ4n) is 2.43. The Morgan fingerprint density at radius 3 is 2.65 bits per heavy atom. The third-order valence-electron chi connectivity index (χ3n) is 3.05. The first-order chi connectivity index (χ1) is 8.15. The Balaban J connectivity index is 2.46. The molecule has 6 heteroatoms. The summed E-state index contributed by atoms with van der Waals surface area (Å²) in [7, 11) is 0. The van der Waals surface area contributed by atoms with E-state index in [0.29, 0.717) is 25.4 Å². The number of aliphatic carboxylic acids is 1. The number of hydrogen-bond donors (Lipinski definition) is 4. The van der Waals surface area contributed by atoms with Gasteiger partial charge in [-0.1, -0.05) is 0 Å². The number of nitrogens with one attached hydrogen (secondary N) is 1. The van der Waals surface area contributed by atoms with Gasteiger partial charge < -0.3 is 20.6 Å². The quantitative estimate of drug-likeness (QED) is 0.447. The third kappa shape index (κ3) is 5.45. The summed E-state index contributed by atoms with van der Waals surface area (Å²) in [6.07, 6.45) is 1.63. The lowest BCUT2D eigenvalue weighted by Crippen LogP contribution is -2.51. The first-order valence-electron chi connectivity index (χ1n) is 6.05. The number of rotatable bonds is 7. The van der Waals surface area contributed by atoms with Crippen LogP contribution in [-0.4, -0.2) is 71.6 Å². The molecule has 100 valence electrons. The Bertz CT molecular complexity index is 238. The summed E-state index contributed by atoms with van der Waals surface area (Å²) in [5.41, 5.74) is 0. The number of carboxylic acids is 1. The van der Waals surface area contributed by atoms with Crippen molar-refractivity contribution < 1.29 is 20.1 Å². The summed E-state index contributed by atoms with van der Waals surface area (Å²) < 4.78 is 0. The predicted molar refractivity (Wildman–Crippen MR) is 62.8 cm³/mol. The minimum absolute atomic E-state index is 0.0409. The minimum atomic E-state index is -0.824. The number of carbonyl (C=O) groups is 1. The van der Waals surface area contributed by atoms with E-state index in [9.17, 15) is 4.79 Å². The summed E-state index contributed by atoms with van der Waals surface area (Å²) in [5, 5.41) is 29.7. The highest BCUT2D eigenvalue weighted by atomic mass is 16.4. The fraction of sp³-hybridized carbons (Fsp3) is 0.909. The monoisotopic (exact) mass is 246 g/mol. The van der Waals surface area contributed by atoms with Crippen molar-refractivity contribution in [2.45, 2.75) is 18.9 Å². The van der Waals surface area contributed by atoms with Crippen LogP contribution in [0, 0.1) is 5.92 Å². The van der Waals surface area contributed by atoms with Gasteiger partial charge in [-0.3, -0.25) is 9.69 Å². The Hall–Kier alpha value is -0.690. The molecule has 1 fully saturated rings. The van der Waals surface area contributed by atoms with Crippen LogP contribution in [0.1, 0.15) is 12.8 Å². The van der Waals surface area contributed by atoms with E-state index < -0.39 is 5.97 Å². The van der Waals surface area contributed by atoms with Gasteiger partial charge in [0.2, 0.25) is 0 Å². The maximum Gasteiger partial charge on any atom is 0.317 e. The second-order valence-electron chi connectivity index (χ2n) is 4.58. The van der Waals surface area contributed by atoms with Crippen LogP contribution < -0.4 is 5.32 Å². The van der Waals surface area contributed by atoms with Crippen molar-refractivity contribution in [3.63, 3.8) is 0 Å². The van der Waals surface area contributed by atoms with Crippen molar-refractivity contribution in [1.29, 1.82) is 0 Å². The normalized spacial score (nSPS) is 26.0. The molecule has 0 aromatic heterocycles. The summed E-state index contributed by atoms with van der Waals surface area (Å²) in [6, 6.07) is 0.201. The molecule has 4 N–H and O–H groups in total. The van der Waals surface area contributed by atoms with Crippen LogP contribution in [0.25, 0.3) is 0 Å². The Kier molecular flexibility index (Phi) is 6.43. The van der Waals surface area contributed by atoms with E-state index in [1.807, 2.05) is 4.90 Å². The Morgan fingerprint density at radius 1 is 1.29 bits per heavy atom. The predicted octanol–water partition coefficient (Wildman–Crippen LogP) is -1.27. The molecule has 1 heterocycles. The van der Waals surface area contributed by atoms with Gasteiger partial charge in [0, 0.05) is 32.3 Å². The summed E-state index contributed by atoms with van der Waals surface area (Å²) in [5.74, 6) is -0.500. The third-order valence-corrected chi connectivity index (χ3v) is 3.05. The number of piperidine rings is 1. The number of nitrogens with zero attached hydrogens (tertiary/aromatic N) is 1. The molecule has 0 radical (unpaired) electrons. The van der Waals surface area contributed by atoms with Crippen molar-refractivity contribution in [1.82, 2.24) is 10.2 Å². The van der Waals surface area contributed by atoms with Crippen molar-refractivity contribution in [2.24, 2.45) is 5.92 Å². The largest absolute Gasteiger partial charge is 0.480 e. The standard InChI is InChI=1S/C11H22N2O4/c14-3-1-9-5-10(12-2-4-15)7-13(6-9)8-11(16)17/h9-10,12,14-15H,1-8H2,(H,16,17). The first-order valence-corrected chi connectivity index (χ1v) is 6.05. The lowest BCUT2D eigenvalue weighted by molar-refractivity contribution is -0.138. The maximum atomic E-state index is 10.7. The summed E-state index contributed by atoms with van der Waals surface area (Å²) in [4.78, 5) is 12.6. The molecule has 2 unspecified atom stereocenters. The molecule has 1 saturated heterocycles. The van der Waals surface area contributed by atoms with Crippen LogP contribution in [0.2, 0.25) is 0 Å². The van der Waals surface area contributed by atoms with Crippen LogP contribution in [-0.2, 0) is 4.79 Å². The van der Waals surface area contributed by atoms with Crippen LogP contribution in [0.3, 0.4) is 0 Å². The van der Waals surface area contributed by atoms with Crippen molar-refractivity contribution in [2.75, 3.05) is 39.4 Å². The molecule has 1 rings (SSSR count). The first kappa shape index (κ1) is 14.4. The second kappa shape index (κ2) is 7.60. The van der Waals surface area contributed by atoms with Crippen molar-refractivity contribution in [3.8, 4) is 0 Å². The van der Waals surface area contributed by atoms with Crippen LogP contribution in [0.4, 0.5) is 0 Å². The molecule has 0 aromatic rings. The zero-order valence-electron chi connectivity index (χ0n) is 10.0. The van der Waals surface area contributed by atoms with Gasteiger partial charge in [-0.15, -0.1) is 0 Å². The van der Waals surface area contributed by atoms with E-state index in [-0.39, 0.29) is 25.8 Å². The van der Waals surface area contributed by atoms with Gasteiger partial charge in [0.05, 0.1) is 13.2 Å². The molecular formula is C11H22N2O4. The molecule has 1 aliphatic rings. The van der Waals surface area contributed by atoms with Gasteiger partial charge in [-0.05, 0) is 18.8 Å². The van der Waals surface area contributed by atoms with Crippen LogP contribution >= 0.6 is 0 Å². The molecule has 0 bridgehead atoms. The lowest BCUT2D eigenvalue weighted by Gasteiger charge is -2.37.